The van der Waals surface area contributed by atoms with Crippen LogP contribution in [0.2, 0.25) is 0 Å². The SMILES string of the molecule is CCOc1cc(C(=O)N(C)Cc2csc(CC)n2)cc(OCC)c1OCC. The summed E-state index contributed by atoms with van der Waals surface area (Å²) in [6.07, 6.45) is 0.899. The molecular weight excluding hydrogens is 364 g/mol. The summed E-state index contributed by atoms with van der Waals surface area (Å²) in [4.78, 5) is 19.1. The summed E-state index contributed by atoms with van der Waals surface area (Å²) in [5, 5.41) is 3.07. The predicted octanol–water partition coefficient (Wildman–Crippen LogP) is 4.17. The third-order valence-electron chi connectivity index (χ3n) is 3.80. The van der Waals surface area contributed by atoms with Gasteiger partial charge in [0.25, 0.3) is 5.91 Å². The minimum absolute atomic E-state index is 0.119. The van der Waals surface area contributed by atoms with Crippen molar-refractivity contribution in [3.05, 3.63) is 33.8 Å². The number of ether oxygens (including phenoxy) is 3. The summed E-state index contributed by atoms with van der Waals surface area (Å²) in [5.74, 6) is 1.45. The number of amides is 1. The van der Waals surface area contributed by atoms with E-state index in [9.17, 15) is 4.79 Å². The zero-order chi connectivity index (χ0) is 19.8. The van der Waals surface area contributed by atoms with Crippen molar-refractivity contribution in [1.29, 1.82) is 0 Å². The van der Waals surface area contributed by atoms with Crippen LogP contribution < -0.4 is 14.2 Å². The fourth-order valence-corrected chi connectivity index (χ4v) is 3.37. The van der Waals surface area contributed by atoms with E-state index in [0.29, 0.717) is 49.2 Å². The highest BCUT2D eigenvalue weighted by Gasteiger charge is 2.21. The zero-order valence-corrected chi connectivity index (χ0v) is 17.5. The second kappa shape index (κ2) is 10.2. The van der Waals surface area contributed by atoms with Crippen LogP contribution in [0.5, 0.6) is 17.2 Å². The van der Waals surface area contributed by atoms with Crippen molar-refractivity contribution in [2.24, 2.45) is 0 Å². The maximum Gasteiger partial charge on any atom is 0.254 e. The van der Waals surface area contributed by atoms with E-state index >= 15 is 0 Å². The number of carbonyl (C=O) groups is 1. The predicted molar refractivity (Wildman–Crippen MR) is 107 cm³/mol. The molecule has 27 heavy (non-hydrogen) atoms. The van der Waals surface area contributed by atoms with Gasteiger partial charge in [0.15, 0.2) is 11.5 Å². The highest BCUT2D eigenvalue weighted by Crippen LogP contribution is 2.39. The van der Waals surface area contributed by atoms with Crippen molar-refractivity contribution in [3.8, 4) is 17.2 Å². The molecule has 0 aliphatic carbocycles. The number of hydrogen-bond acceptors (Lipinski definition) is 6. The smallest absolute Gasteiger partial charge is 0.254 e. The van der Waals surface area contributed by atoms with Gasteiger partial charge in [-0.15, -0.1) is 11.3 Å². The molecule has 0 aliphatic rings. The molecule has 148 valence electrons. The molecule has 1 heterocycles. The summed E-state index contributed by atoms with van der Waals surface area (Å²) >= 11 is 1.62. The fourth-order valence-electron chi connectivity index (χ4n) is 2.63. The molecule has 7 heteroatoms. The summed E-state index contributed by atoms with van der Waals surface area (Å²) < 4.78 is 17.1. The second-order valence-electron chi connectivity index (χ2n) is 5.85. The number of rotatable bonds is 10. The van der Waals surface area contributed by atoms with Crippen LogP contribution in [0.25, 0.3) is 0 Å². The Morgan fingerprint density at radius 2 is 1.63 bits per heavy atom. The Labute approximate surface area is 165 Å². The van der Waals surface area contributed by atoms with E-state index in [1.165, 1.54) is 0 Å². The van der Waals surface area contributed by atoms with E-state index in [2.05, 4.69) is 11.9 Å². The van der Waals surface area contributed by atoms with Crippen LogP contribution in [0.1, 0.15) is 48.8 Å². The van der Waals surface area contributed by atoms with Crippen molar-refractivity contribution < 1.29 is 19.0 Å². The molecule has 0 saturated carbocycles. The minimum Gasteiger partial charge on any atom is -0.490 e. The van der Waals surface area contributed by atoms with Gasteiger partial charge in [0, 0.05) is 18.0 Å². The van der Waals surface area contributed by atoms with E-state index in [4.69, 9.17) is 14.2 Å². The minimum atomic E-state index is -0.119. The van der Waals surface area contributed by atoms with Crippen molar-refractivity contribution in [2.75, 3.05) is 26.9 Å². The molecule has 0 bridgehead atoms. The summed E-state index contributed by atoms with van der Waals surface area (Å²) in [6, 6.07) is 3.43. The highest BCUT2D eigenvalue weighted by atomic mass is 32.1. The molecule has 0 atom stereocenters. The number of hydrogen-bond donors (Lipinski definition) is 0. The van der Waals surface area contributed by atoms with E-state index in [1.54, 1.807) is 35.4 Å². The molecule has 0 fully saturated rings. The average molecular weight is 393 g/mol. The van der Waals surface area contributed by atoms with Crippen molar-refractivity contribution in [2.45, 2.75) is 40.7 Å². The standard InChI is InChI=1S/C20H28N2O4S/c1-6-18-21-15(13-27-18)12-22(5)20(23)14-10-16(24-7-2)19(26-9-4)17(11-14)25-8-3/h10-11,13H,6-9,12H2,1-5H3. The van der Waals surface area contributed by atoms with Crippen LogP contribution in [0.15, 0.2) is 17.5 Å². The van der Waals surface area contributed by atoms with Gasteiger partial charge in [-0.1, -0.05) is 6.92 Å². The normalized spacial score (nSPS) is 10.6. The Hall–Kier alpha value is -2.28. The number of benzene rings is 1. The van der Waals surface area contributed by atoms with Crippen LogP contribution in [-0.4, -0.2) is 42.7 Å². The fraction of sp³-hybridized carbons (Fsp3) is 0.500. The van der Waals surface area contributed by atoms with Crippen LogP contribution in [-0.2, 0) is 13.0 Å². The number of aromatic nitrogens is 1. The largest absolute Gasteiger partial charge is 0.490 e. The number of thiazole rings is 1. The number of aryl methyl sites for hydroxylation is 1. The maximum atomic E-state index is 13.0. The second-order valence-corrected chi connectivity index (χ2v) is 6.79. The molecule has 1 amide bonds. The lowest BCUT2D eigenvalue weighted by molar-refractivity contribution is 0.0782. The van der Waals surface area contributed by atoms with Crippen molar-refractivity contribution in [1.82, 2.24) is 9.88 Å². The summed E-state index contributed by atoms with van der Waals surface area (Å²) in [5.41, 5.74) is 1.40. The third kappa shape index (κ3) is 5.35. The van der Waals surface area contributed by atoms with Gasteiger partial charge in [-0.2, -0.15) is 0 Å². The van der Waals surface area contributed by atoms with Crippen molar-refractivity contribution in [3.63, 3.8) is 0 Å². The zero-order valence-electron chi connectivity index (χ0n) is 16.7. The van der Waals surface area contributed by atoms with E-state index in [-0.39, 0.29) is 5.91 Å². The summed E-state index contributed by atoms with van der Waals surface area (Å²) in [7, 11) is 1.77. The molecule has 2 aromatic rings. The van der Waals surface area contributed by atoms with Crippen LogP contribution >= 0.6 is 11.3 Å². The van der Waals surface area contributed by atoms with Crippen LogP contribution in [0.3, 0.4) is 0 Å². The quantitative estimate of drug-likeness (QED) is 0.607. The first kappa shape index (κ1) is 21.0. The molecule has 1 aromatic carbocycles. The molecule has 0 aliphatic heterocycles. The van der Waals surface area contributed by atoms with Gasteiger partial charge in [0.1, 0.15) is 0 Å². The van der Waals surface area contributed by atoms with Crippen LogP contribution in [0, 0.1) is 0 Å². The summed E-state index contributed by atoms with van der Waals surface area (Å²) in [6.45, 7) is 9.63. The van der Waals surface area contributed by atoms with Gasteiger partial charge in [-0.3, -0.25) is 4.79 Å². The first-order chi connectivity index (χ1) is 13.0. The number of nitrogens with zero attached hydrogens (tertiary/aromatic N) is 2. The molecule has 6 nitrogen and oxygen atoms in total. The molecular formula is C20H28N2O4S. The maximum absolute atomic E-state index is 13.0. The van der Waals surface area contributed by atoms with Gasteiger partial charge in [-0.05, 0) is 39.3 Å². The van der Waals surface area contributed by atoms with Gasteiger partial charge in [0.2, 0.25) is 5.75 Å². The molecule has 0 N–H and O–H groups in total. The van der Waals surface area contributed by atoms with E-state index in [0.717, 1.165) is 17.1 Å². The average Bonchev–Trinajstić information content (AvgIpc) is 3.11. The molecule has 0 unspecified atom stereocenters. The Morgan fingerprint density at radius 3 is 2.11 bits per heavy atom. The van der Waals surface area contributed by atoms with E-state index in [1.807, 2.05) is 26.2 Å². The lowest BCUT2D eigenvalue weighted by atomic mass is 10.1. The molecule has 2 rings (SSSR count). The molecule has 0 saturated heterocycles. The monoisotopic (exact) mass is 392 g/mol. The van der Waals surface area contributed by atoms with Gasteiger partial charge < -0.3 is 19.1 Å². The lowest BCUT2D eigenvalue weighted by Crippen LogP contribution is -2.26. The van der Waals surface area contributed by atoms with E-state index < -0.39 is 0 Å². The topological polar surface area (TPSA) is 60.9 Å². The first-order valence-electron chi connectivity index (χ1n) is 9.29. The molecule has 0 radical (unpaired) electrons. The number of carbonyl (C=O) groups excluding carboxylic acids is 1. The molecule has 0 spiro atoms. The Balaban J connectivity index is 2.29. The molecule has 1 aromatic heterocycles. The third-order valence-corrected chi connectivity index (χ3v) is 4.85. The van der Waals surface area contributed by atoms with Gasteiger partial charge >= 0.3 is 0 Å². The van der Waals surface area contributed by atoms with Crippen molar-refractivity contribution >= 4 is 17.2 Å². The Morgan fingerprint density at radius 1 is 1.04 bits per heavy atom. The van der Waals surface area contributed by atoms with Crippen LogP contribution in [0.4, 0.5) is 0 Å². The Bertz CT molecular complexity index is 733. The lowest BCUT2D eigenvalue weighted by Gasteiger charge is -2.20. The van der Waals surface area contributed by atoms with Gasteiger partial charge in [-0.25, -0.2) is 4.98 Å². The van der Waals surface area contributed by atoms with Gasteiger partial charge in [0.05, 0.1) is 37.1 Å². The highest BCUT2D eigenvalue weighted by molar-refractivity contribution is 7.09. The Kier molecular flexibility index (Phi) is 7.91. The first-order valence-corrected chi connectivity index (χ1v) is 10.2.